The van der Waals surface area contributed by atoms with Crippen LogP contribution in [0.3, 0.4) is 0 Å². The molecule has 1 N–H and O–H groups in total. The van der Waals surface area contributed by atoms with Gasteiger partial charge in [0.25, 0.3) is 11.6 Å². The van der Waals surface area contributed by atoms with E-state index in [-0.39, 0.29) is 22.9 Å². The van der Waals surface area contributed by atoms with Crippen molar-refractivity contribution in [3.05, 3.63) is 84.5 Å². The molecule has 0 unspecified atom stereocenters. The third-order valence-electron chi connectivity index (χ3n) is 5.43. The molecule has 200 valence electrons. The maximum absolute atomic E-state index is 12.7. The number of thiophene rings is 1. The number of hydrogen-bond donors (Lipinski definition) is 1. The lowest BCUT2D eigenvalue weighted by Gasteiger charge is -2.07. The van der Waals surface area contributed by atoms with Gasteiger partial charge in [-0.2, -0.15) is 5.26 Å². The highest BCUT2D eigenvalue weighted by molar-refractivity contribution is 7.16. The van der Waals surface area contributed by atoms with E-state index in [9.17, 15) is 25.0 Å². The Hall–Kier alpha value is -3.94. The van der Waals surface area contributed by atoms with Crippen LogP contribution < -0.4 is 5.32 Å². The van der Waals surface area contributed by atoms with E-state index < -0.39 is 16.8 Å². The number of hydrogen-bond acceptors (Lipinski definition) is 8. The van der Waals surface area contributed by atoms with Crippen molar-refractivity contribution >= 4 is 51.6 Å². The molecular weight excluding hydrogens is 530 g/mol. The average Bonchev–Trinajstić information content (AvgIpc) is 3.16. The number of carbonyl (C=O) groups is 2. The number of nitro benzene ring substituents is 1. The second kappa shape index (κ2) is 14.7. The van der Waals surface area contributed by atoms with Gasteiger partial charge in [-0.3, -0.25) is 14.9 Å². The van der Waals surface area contributed by atoms with Gasteiger partial charge < -0.3 is 14.8 Å². The highest BCUT2D eigenvalue weighted by atomic mass is 35.5. The number of nitriles is 1. The minimum Gasteiger partial charge on any atom is -0.501 e. The lowest BCUT2D eigenvalue weighted by molar-refractivity contribution is -0.384. The van der Waals surface area contributed by atoms with Crippen LogP contribution in [0, 0.1) is 35.3 Å². The number of nitrogens with zero attached hydrogens (tertiary/aromatic N) is 2. The van der Waals surface area contributed by atoms with Gasteiger partial charge in [0, 0.05) is 17.4 Å². The van der Waals surface area contributed by atoms with Gasteiger partial charge in [-0.25, -0.2) is 4.79 Å². The summed E-state index contributed by atoms with van der Waals surface area (Å²) >= 11 is 7.09. The molecule has 1 heterocycles. The molecule has 1 amide bonds. The standard InChI is InChI=1S/C27H28ClN3O6S/c1-5-37-27(33)24-17(2)18(3)38-26(24)30-25(32)20(16-29)10-6-7-11-21(36-4)12-8-9-19-13-14-22(28)23(15-19)31(34)35/h8-10,12-15H,5-7,11H2,1-4H3,(H,30,32)/b9-8+,20-10+,21-12-. The monoisotopic (exact) mass is 557 g/mol. The third kappa shape index (κ3) is 8.30. The summed E-state index contributed by atoms with van der Waals surface area (Å²) in [6, 6.07) is 6.43. The lowest BCUT2D eigenvalue weighted by Crippen LogP contribution is -2.16. The molecule has 0 aliphatic rings. The number of benzene rings is 1. The van der Waals surface area contributed by atoms with E-state index in [4.69, 9.17) is 21.1 Å². The van der Waals surface area contributed by atoms with Gasteiger partial charge in [0.1, 0.15) is 21.7 Å². The Morgan fingerprint density at radius 1 is 1.32 bits per heavy atom. The van der Waals surface area contributed by atoms with Gasteiger partial charge in [-0.05, 0) is 56.9 Å². The molecule has 0 fully saturated rings. The van der Waals surface area contributed by atoms with Crippen LogP contribution in [-0.2, 0) is 14.3 Å². The van der Waals surface area contributed by atoms with Crippen molar-refractivity contribution in [3.8, 4) is 6.07 Å². The molecule has 1 aromatic heterocycles. The number of anilines is 1. The fraction of sp³-hybridized carbons (Fsp3) is 0.296. The zero-order chi connectivity index (χ0) is 28.2. The van der Waals surface area contributed by atoms with Gasteiger partial charge in [0.2, 0.25) is 0 Å². The molecule has 0 saturated heterocycles. The number of rotatable bonds is 12. The topological polar surface area (TPSA) is 132 Å². The first kappa shape index (κ1) is 30.3. The van der Waals surface area contributed by atoms with Crippen LogP contribution in [0.1, 0.15) is 52.5 Å². The molecule has 9 nitrogen and oxygen atoms in total. The Balaban J connectivity index is 2.00. The van der Waals surface area contributed by atoms with Crippen LogP contribution in [0.2, 0.25) is 5.02 Å². The highest BCUT2D eigenvalue weighted by Gasteiger charge is 2.23. The van der Waals surface area contributed by atoms with Gasteiger partial charge in [0.05, 0.1) is 30.0 Å². The van der Waals surface area contributed by atoms with Gasteiger partial charge in [-0.15, -0.1) is 11.3 Å². The molecule has 1 aromatic carbocycles. The molecule has 38 heavy (non-hydrogen) atoms. The van der Waals surface area contributed by atoms with E-state index in [1.165, 1.54) is 30.6 Å². The molecule has 0 atom stereocenters. The summed E-state index contributed by atoms with van der Waals surface area (Å²) in [6.45, 7) is 5.54. The Bertz CT molecular complexity index is 1340. The number of unbranched alkanes of at least 4 members (excludes halogenated alkanes) is 1. The largest absolute Gasteiger partial charge is 0.501 e. The summed E-state index contributed by atoms with van der Waals surface area (Å²) in [5.74, 6) is -0.458. The lowest BCUT2D eigenvalue weighted by atomic mass is 10.1. The molecular formula is C27H28ClN3O6S. The van der Waals surface area contributed by atoms with E-state index in [2.05, 4.69) is 5.32 Å². The highest BCUT2D eigenvalue weighted by Crippen LogP contribution is 2.33. The Morgan fingerprint density at radius 3 is 2.68 bits per heavy atom. The van der Waals surface area contributed by atoms with Crippen LogP contribution in [0.4, 0.5) is 10.7 Å². The summed E-state index contributed by atoms with van der Waals surface area (Å²) in [7, 11) is 1.53. The fourth-order valence-electron chi connectivity index (χ4n) is 3.34. The quantitative estimate of drug-likeness (QED) is 0.0438. The number of ether oxygens (including phenoxy) is 2. The zero-order valence-corrected chi connectivity index (χ0v) is 23.1. The SMILES string of the molecule is CCOC(=O)c1c(NC(=O)/C(C#N)=C/CCC/C(=C/C=C/c2ccc(Cl)c([N+](=O)[O-])c2)OC)sc(C)c1C. The van der Waals surface area contributed by atoms with Crippen LogP contribution >= 0.6 is 22.9 Å². The first-order valence-corrected chi connectivity index (χ1v) is 12.9. The van der Waals surface area contributed by atoms with E-state index in [1.54, 1.807) is 44.2 Å². The molecule has 2 rings (SSSR count). The second-order valence-corrected chi connectivity index (χ2v) is 9.58. The van der Waals surface area contributed by atoms with Crippen molar-refractivity contribution in [2.75, 3.05) is 19.0 Å². The first-order chi connectivity index (χ1) is 18.1. The number of nitrogens with one attached hydrogen (secondary N) is 1. The number of amides is 1. The van der Waals surface area contributed by atoms with Gasteiger partial charge >= 0.3 is 5.97 Å². The summed E-state index contributed by atoms with van der Waals surface area (Å²) in [5, 5.41) is 23.6. The molecule has 0 aliphatic carbocycles. The minimum absolute atomic E-state index is 0.0595. The smallest absolute Gasteiger partial charge is 0.341 e. The molecule has 11 heteroatoms. The van der Waals surface area contributed by atoms with E-state index in [1.807, 2.05) is 13.0 Å². The summed E-state index contributed by atoms with van der Waals surface area (Å²) in [4.78, 5) is 36.4. The number of allylic oxidation sites excluding steroid dienone is 4. The van der Waals surface area contributed by atoms with Gasteiger partial charge in [0.15, 0.2) is 0 Å². The molecule has 0 bridgehead atoms. The number of nitro groups is 1. The van der Waals surface area contributed by atoms with Crippen molar-refractivity contribution in [1.82, 2.24) is 0 Å². The number of aryl methyl sites for hydroxylation is 1. The summed E-state index contributed by atoms with van der Waals surface area (Å²) < 4.78 is 10.5. The minimum atomic E-state index is -0.596. The van der Waals surface area contributed by atoms with Crippen molar-refractivity contribution in [2.24, 2.45) is 0 Å². The maximum Gasteiger partial charge on any atom is 0.341 e. The number of halogens is 1. The Labute approximate surface area is 230 Å². The molecule has 0 saturated carbocycles. The third-order valence-corrected chi connectivity index (χ3v) is 6.87. The van der Waals surface area contributed by atoms with Crippen LogP contribution in [0.15, 0.2) is 47.8 Å². The van der Waals surface area contributed by atoms with Crippen molar-refractivity contribution in [1.29, 1.82) is 5.26 Å². The van der Waals surface area contributed by atoms with Crippen molar-refractivity contribution in [2.45, 2.75) is 40.0 Å². The zero-order valence-electron chi connectivity index (χ0n) is 21.5. The number of carbonyl (C=O) groups excluding carboxylic acids is 2. The summed E-state index contributed by atoms with van der Waals surface area (Å²) in [6.07, 6.45) is 8.26. The van der Waals surface area contributed by atoms with Crippen molar-refractivity contribution < 1.29 is 24.0 Å². The first-order valence-electron chi connectivity index (χ1n) is 11.7. The predicted molar refractivity (Wildman–Crippen MR) is 148 cm³/mol. The average molecular weight is 558 g/mol. The van der Waals surface area contributed by atoms with Crippen molar-refractivity contribution in [3.63, 3.8) is 0 Å². The Morgan fingerprint density at radius 2 is 2.05 bits per heavy atom. The molecule has 0 aliphatic heterocycles. The Kier molecular flexibility index (Phi) is 11.7. The maximum atomic E-state index is 12.7. The van der Waals surface area contributed by atoms with Gasteiger partial charge in [-0.1, -0.05) is 35.9 Å². The fourth-order valence-corrected chi connectivity index (χ4v) is 4.57. The van der Waals surface area contributed by atoms with E-state index in [0.29, 0.717) is 41.1 Å². The number of methoxy groups -OCH3 is 1. The van der Waals surface area contributed by atoms with Crippen LogP contribution in [0.25, 0.3) is 6.08 Å². The normalized spacial score (nSPS) is 11.8. The molecule has 0 spiro atoms. The number of esters is 1. The van der Waals surface area contributed by atoms with Crippen LogP contribution in [0.5, 0.6) is 0 Å². The van der Waals surface area contributed by atoms with E-state index >= 15 is 0 Å². The molecule has 0 radical (unpaired) electrons. The van der Waals surface area contributed by atoms with E-state index in [0.717, 1.165) is 10.4 Å². The van der Waals surface area contributed by atoms with Crippen LogP contribution in [-0.4, -0.2) is 30.5 Å². The molecule has 2 aromatic rings. The predicted octanol–water partition coefficient (Wildman–Crippen LogP) is 6.91. The second-order valence-electron chi connectivity index (χ2n) is 7.95. The summed E-state index contributed by atoms with van der Waals surface area (Å²) in [5.41, 5.74) is 1.42.